The Labute approximate surface area is 112 Å². The number of carbonyl (C=O) groups is 1. The van der Waals surface area contributed by atoms with E-state index in [1.165, 1.54) is 25.7 Å². The Hall–Kier alpha value is -0.410. The van der Waals surface area contributed by atoms with E-state index >= 15 is 0 Å². The molecular formula is C15H29NO2. The van der Waals surface area contributed by atoms with Crippen LogP contribution < -0.4 is 0 Å². The molecule has 106 valence electrons. The summed E-state index contributed by atoms with van der Waals surface area (Å²) >= 11 is 0. The second kappa shape index (κ2) is 7.25. The third-order valence-corrected chi connectivity index (χ3v) is 4.35. The van der Waals surface area contributed by atoms with Gasteiger partial charge in [0.05, 0.1) is 0 Å². The van der Waals surface area contributed by atoms with Crippen molar-refractivity contribution in [1.29, 1.82) is 0 Å². The number of methoxy groups -OCH3 is 1. The summed E-state index contributed by atoms with van der Waals surface area (Å²) in [6, 6.07) is 0. The Balaban J connectivity index is 2.33. The molecule has 3 nitrogen and oxygen atoms in total. The van der Waals surface area contributed by atoms with Crippen molar-refractivity contribution in [3.63, 3.8) is 0 Å². The number of ether oxygens (including phenoxy) is 1. The summed E-state index contributed by atoms with van der Waals surface area (Å²) in [6.45, 7) is 9.18. The van der Waals surface area contributed by atoms with Crippen molar-refractivity contribution in [1.82, 2.24) is 4.90 Å². The van der Waals surface area contributed by atoms with Crippen LogP contribution in [0.1, 0.15) is 52.9 Å². The fraction of sp³-hybridized carbons (Fsp3) is 0.933. The quantitative estimate of drug-likeness (QED) is 0.731. The van der Waals surface area contributed by atoms with E-state index in [1.54, 1.807) is 7.11 Å². The summed E-state index contributed by atoms with van der Waals surface area (Å²) in [6.07, 6.45) is 5.82. The zero-order chi connectivity index (χ0) is 13.6. The van der Waals surface area contributed by atoms with Crippen LogP contribution in [0.2, 0.25) is 0 Å². The van der Waals surface area contributed by atoms with E-state index in [0.29, 0.717) is 6.42 Å². The monoisotopic (exact) mass is 255 g/mol. The van der Waals surface area contributed by atoms with E-state index in [2.05, 4.69) is 11.8 Å². The molecule has 0 bridgehead atoms. The van der Waals surface area contributed by atoms with Gasteiger partial charge in [0.1, 0.15) is 5.60 Å². The van der Waals surface area contributed by atoms with Crippen LogP contribution in [0.25, 0.3) is 0 Å². The van der Waals surface area contributed by atoms with Crippen molar-refractivity contribution in [2.75, 3.05) is 26.7 Å². The molecule has 0 aliphatic carbocycles. The molecule has 0 amide bonds. The van der Waals surface area contributed by atoms with Gasteiger partial charge in [0.15, 0.2) is 5.78 Å². The molecule has 1 saturated heterocycles. The lowest BCUT2D eigenvalue weighted by Gasteiger charge is -2.24. The molecule has 1 unspecified atom stereocenters. The first kappa shape index (κ1) is 15.6. The van der Waals surface area contributed by atoms with Crippen LogP contribution in [-0.4, -0.2) is 43.0 Å². The third-order valence-electron chi connectivity index (χ3n) is 4.35. The highest BCUT2D eigenvalue weighted by molar-refractivity contribution is 5.86. The summed E-state index contributed by atoms with van der Waals surface area (Å²) in [5, 5.41) is 0. The number of rotatable bonds is 6. The lowest BCUT2D eigenvalue weighted by molar-refractivity contribution is -0.137. The fourth-order valence-electron chi connectivity index (χ4n) is 2.53. The number of hydrogen-bond donors (Lipinski definition) is 0. The molecular weight excluding hydrogens is 226 g/mol. The lowest BCUT2D eigenvalue weighted by atomic mass is 9.98. The predicted molar refractivity (Wildman–Crippen MR) is 74.8 cm³/mol. The summed E-state index contributed by atoms with van der Waals surface area (Å²) in [7, 11) is 1.61. The maximum atomic E-state index is 12.0. The number of likely N-dealkylation sites (tertiary alicyclic amines) is 1. The number of ketones is 1. The van der Waals surface area contributed by atoms with Crippen molar-refractivity contribution in [2.24, 2.45) is 5.92 Å². The van der Waals surface area contributed by atoms with Gasteiger partial charge >= 0.3 is 0 Å². The summed E-state index contributed by atoms with van der Waals surface area (Å²) in [5.74, 6) is 1.10. The molecule has 1 rings (SSSR count). The molecule has 1 atom stereocenters. The van der Waals surface area contributed by atoms with E-state index in [-0.39, 0.29) is 5.78 Å². The second-order valence-electron chi connectivity index (χ2n) is 5.93. The molecule has 0 aromatic heterocycles. The van der Waals surface area contributed by atoms with Crippen LogP contribution in [0.3, 0.4) is 0 Å². The molecule has 3 heteroatoms. The molecule has 0 aromatic carbocycles. The minimum Gasteiger partial charge on any atom is -0.371 e. The van der Waals surface area contributed by atoms with E-state index in [9.17, 15) is 4.79 Å². The van der Waals surface area contributed by atoms with Crippen molar-refractivity contribution < 1.29 is 9.53 Å². The molecule has 0 radical (unpaired) electrons. The zero-order valence-electron chi connectivity index (χ0n) is 12.5. The molecule has 18 heavy (non-hydrogen) atoms. The molecule has 1 fully saturated rings. The van der Waals surface area contributed by atoms with Gasteiger partial charge in [-0.1, -0.05) is 13.3 Å². The smallest absolute Gasteiger partial charge is 0.165 e. The minimum atomic E-state index is -0.627. The number of nitrogens with zero attached hydrogens (tertiary/aromatic N) is 1. The normalized spacial score (nSPS) is 22.8. The van der Waals surface area contributed by atoms with Gasteiger partial charge in [-0.3, -0.25) is 4.79 Å². The van der Waals surface area contributed by atoms with Gasteiger partial charge < -0.3 is 9.64 Å². The first-order valence-corrected chi connectivity index (χ1v) is 7.30. The Morgan fingerprint density at radius 3 is 2.67 bits per heavy atom. The highest BCUT2D eigenvalue weighted by atomic mass is 16.5. The molecule has 0 spiro atoms. The largest absolute Gasteiger partial charge is 0.371 e. The molecule has 1 aliphatic heterocycles. The van der Waals surface area contributed by atoms with E-state index in [1.807, 2.05) is 13.8 Å². The van der Waals surface area contributed by atoms with E-state index < -0.39 is 5.60 Å². The van der Waals surface area contributed by atoms with Crippen LogP contribution in [0.4, 0.5) is 0 Å². The van der Waals surface area contributed by atoms with Crippen molar-refractivity contribution in [3.8, 4) is 0 Å². The van der Waals surface area contributed by atoms with Gasteiger partial charge in [0.2, 0.25) is 0 Å². The Bertz CT molecular complexity index is 263. The van der Waals surface area contributed by atoms with E-state index in [0.717, 1.165) is 25.6 Å². The summed E-state index contributed by atoms with van der Waals surface area (Å²) in [4.78, 5) is 14.4. The van der Waals surface area contributed by atoms with Crippen molar-refractivity contribution in [3.05, 3.63) is 0 Å². The lowest BCUT2D eigenvalue weighted by Crippen LogP contribution is -2.37. The Morgan fingerprint density at radius 2 is 2.06 bits per heavy atom. The van der Waals surface area contributed by atoms with Gasteiger partial charge in [-0.25, -0.2) is 0 Å². The maximum Gasteiger partial charge on any atom is 0.165 e. The first-order chi connectivity index (χ1) is 8.49. The Morgan fingerprint density at radius 1 is 1.33 bits per heavy atom. The fourth-order valence-corrected chi connectivity index (χ4v) is 2.53. The van der Waals surface area contributed by atoms with Crippen LogP contribution in [0, 0.1) is 5.92 Å². The minimum absolute atomic E-state index is 0.210. The molecule has 0 aromatic rings. The van der Waals surface area contributed by atoms with Crippen LogP contribution in [0.5, 0.6) is 0 Å². The van der Waals surface area contributed by atoms with Crippen molar-refractivity contribution >= 4 is 5.78 Å². The zero-order valence-corrected chi connectivity index (χ0v) is 12.5. The van der Waals surface area contributed by atoms with Gasteiger partial charge in [0, 0.05) is 20.1 Å². The highest BCUT2D eigenvalue weighted by Crippen LogP contribution is 2.20. The average molecular weight is 255 g/mol. The summed E-state index contributed by atoms with van der Waals surface area (Å²) in [5.41, 5.74) is -0.627. The van der Waals surface area contributed by atoms with E-state index in [4.69, 9.17) is 4.74 Å². The molecule has 1 aliphatic rings. The Kier molecular flexibility index (Phi) is 6.30. The van der Waals surface area contributed by atoms with Gasteiger partial charge in [-0.2, -0.15) is 0 Å². The van der Waals surface area contributed by atoms with Gasteiger partial charge in [0.25, 0.3) is 0 Å². The number of carbonyl (C=O) groups excluding carboxylic acids is 1. The van der Waals surface area contributed by atoms with Crippen LogP contribution in [-0.2, 0) is 9.53 Å². The molecule has 0 N–H and O–H groups in total. The van der Waals surface area contributed by atoms with Gasteiger partial charge in [-0.05, 0) is 52.1 Å². The van der Waals surface area contributed by atoms with Gasteiger partial charge in [-0.15, -0.1) is 0 Å². The highest BCUT2D eigenvalue weighted by Gasteiger charge is 2.27. The summed E-state index contributed by atoms with van der Waals surface area (Å²) < 4.78 is 5.23. The molecule has 1 heterocycles. The molecule has 0 saturated carbocycles. The van der Waals surface area contributed by atoms with Crippen LogP contribution in [0.15, 0.2) is 0 Å². The standard InChI is InChI=1S/C15H29NO2/c1-5-13-7-6-10-16(11-8-13)12-9-14(17)15(2,3)18-4/h13H,5-12H2,1-4H3. The number of hydrogen-bond acceptors (Lipinski definition) is 3. The maximum absolute atomic E-state index is 12.0. The average Bonchev–Trinajstić information content (AvgIpc) is 2.60. The van der Waals surface area contributed by atoms with Crippen molar-refractivity contribution in [2.45, 2.75) is 58.5 Å². The topological polar surface area (TPSA) is 29.5 Å². The SMILES string of the molecule is CCC1CCCN(CCC(=O)C(C)(C)OC)CC1. The first-order valence-electron chi connectivity index (χ1n) is 7.30. The second-order valence-corrected chi connectivity index (χ2v) is 5.93. The third kappa shape index (κ3) is 4.69. The van der Waals surface area contributed by atoms with Crippen LogP contribution >= 0.6 is 0 Å². The predicted octanol–water partition coefficient (Wildman–Crippen LogP) is 2.88. The number of Topliss-reactive ketones (excluding diaryl/α,β-unsaturated/α-hetero) is 1.